The van der Waals surface area contributed by atoms with Crippen molar-refractivity contribution in [3.8, 4) is 0 Å². The molecule has 2 rings (SSSR count). The highest BCUT2D eigenvalue weighted by atomic mass is 16.4. The number of nitrogens with zero attached hydrogens (tertiary/aromatic N) is 1. The highest BCUT2D eigenvalue weighted by Gasteiger charge is 2.31. The Labute approximate surface area is 196 Å². The Balaban J connectivity index is 2.06. The molecular weight excluding hydrogens is 444 g/mol. The van der Waals surface area contributed by atoms with Gasteiger partial charge >= 0.3 is 5.97 Å². The van der Waals surface area contributed by atoms with Crippen LogP contribution in [0, 0.1) is 0 Å². The monoisotopic (exact) mass is 474 g/mol. The number of imidazole rings is 1. The highest BCUT2D eigenvalue weighted by Crippen LogP contribution is 2.06. The molecule has 0 fully saturated rings. The Morgan fingerprint density at radius 3 is 2.24 bits per heavy atom. The second kappa shape index (κ2) is 12.5. The molecule has 1 heterocycles. The van der Waals surface area contributed by atoms with E-state index >= 15 is 0 Å². The van der Waals surface area contributed by atoms with Crippen LogP contribution in [0.4, 0.5) is 0 Å². The maximum absolute atomic E-state index is 12.8. The molecular formula is C22H30N6O6. The third kappa shape index (κ3) is 7.98. The second-order valence-electron chi connectivity index (χ2n) is 7.93. The number of carboxylic acid groups (broad SMARTS) is 1. The molecule has 0 bridgehead atoms. The number of amides is 3. The smallest absolute Gasteiger partial charge is 0.328 e. The number of rotatable bonds is 12. The molecule has 0 saturated heterocycles. The first-order valence-electron chi connectivity index (χ1n) is 10.7. The molecule has 0 spiro atoms. The molecule has 0 radical (unpaired) electrons. The molecule has 0 saturated carbocycles. The maximum Gasteiger partial charge on any atom is 0.328 e. The van der Waals surface area contributed by atoms with Gasteiger partial charge < -0.3 is 36.9 Å². The molecule has 1 aromatic carbocycles. The van der Waals surface area contributed by atoms with Gasteiger partial charge in [-0.15, -0.1) is 0 Å². The van der Waals surface area contributed by atoms with Gasteiger partial charge in [0.1, 0.15) is 12.1 Å². The third-order valence-electron chi connectivity index (χ3n) is 5.05. The van der Waals surface area contributed by atoms with E-state index in [0.29, 0.717) is 11.3 Å². The zero-order valence-corrected chi connectivity index (χ0v) is 18.9. The van der Waals surface area contributed by atoms with Crippen LogP contribution >= 0.6 is 0 Å². The average molecular weight is 475 g/mol. The Bertz CT molecular complexity index is 966. The number of H-pyrrole nitrogens is 1. The van der Waals surface area contributed by atoms with E-state index in [0.717, 1.165) is 0 Å². The number of carboxylic acids is 1. The lowest BCUT2D eigenvalue weighted by Gasteiger charge is -2.24. The minimum Gasteiger partial charge on any atom is -0.480 e. The van der Waals surface area contributed by atoms with E-state index in [2.05, 4.69) is 25.9 Å². The van der Waals surface area contributed by atoms with Crippen LogP contribution in [0.3, 0.4) is 0 Å². The summed E-state index contributed by atoms with van der Waals surface area (Å²) < 4.78 is 0. The van der Waals surface area contributed by atoms with Crippen molar-refractivity contribution in [1.29, 1.82) is 0 Å². The fraction of sp³-hybridized carbons (Fsp3) is 0.409. The van der Waals surface area contributed by atoms with Gasteiger partial charge in [0.2, 0.25) is 17.7 Å². The van der Waals surface area contributed by atoms with Crippen molar-refractivity contribution in [1.82, 2.24) is 25.9 Å². The summed E-state index contributed by atoms with van der Waals surface area (Å²) >= 11 is 0. The van der Waals surface area contributed by atoms with Gasteiger partial charge in [-0.2, -0.15) is 0 Å². The largest absolute Gasteiger partial charge is 0.480 e. The molecule has 12 heteroatoms. The first kappa shape index (κ1) is 26.5. The minimum absolute atomic E-state index is 0.0601. The predicted octanol–water partition coefficient (Wildman–Crippen LogP) is -1.54. The lowest BCUT2D eigenvalue weighted by molar-refractivity contribution is -0.145. The lowest BCUT2D eigenvalue weighted by Crippen LogP contribution is -2.58. The van der Waals surface area contributed by atoms with Crippen LogP contribution in [0.2, 0.25) is 0 Å². The normalized spacial score (nSPS) is 15.3. The number of aliphatic hydroxyl groups excluding tert-OH is 1. The van der Waals surface area contributed by atoms with Crippen LogP contribution in [0.5, 0.6) is 0 Å². The number of benzene rings is 1. The summed E-state index contributed by atoms with van der Waals surface area (Å²) in [4.78, 5) is 56.0. The minimum atomic E-state index is -1.56. The molecule has 2 aromatic rings. The van der Waals surface area contributed by atoms with Crippen LogP contribution in [-0.4, -0.2) is 74.1 Å². The molecule has 5 atom stereocenters. The van der Waals surface area contributed by atoms with Crippen molar-refractivity contribution in [2.75, 3.05) is 0 Å². The summed E-state index contributed by atoms with van der Waals surface area (Å²) in [6, 6.07) is 4.12. The molecule has 184 valence electrons. The number of carbonyl (C=O) groups is 4. The lowest BCUT2D eigenvalue weighted by atomic mass is 10.0. The SMILES string of the molecule is CC(NC(=O)C(N)Cc1cnc[nH]1)C(=O)NC(Cc1ccccc1)C(=O)NC(C(=O)O)C(C)O. The maximum atomic E-state index is 12.8. The Morgan fingerprint density at radius 2 is 1.68 bits per heavy atom. The zero-order chi connectivity index (χ0) is 25.3. The topological polar surface area (TPSA) is 200 Å². The van der Waals surface area contributed by atoms with Gasteiger partial charge in [0.05, 0.1) is 18.5 Å². The number of nitrogens with two attached hydrogens (primary N) is 1. The number of carbonyl (C=O) groups excluding carboxylic acids is 3. The fourth-order valence-corrected chi connectivity index (χ4v) is 3.11. The summed E-state index contributed by atoms with van der Waals surface area (Å²) in [6.45, 7) is 2.66. The van der Waals surface area contributed by atoms with Gasteiger partial charge in [0.25, 0.3) is 0 Å². The van der Waals surface area contributed by atoms with Crippen LogP contribution in [0.25, 0.3) is 0 Å². The van der Waals surface area contributed by atoms with Crippen LogP contribution in [-0.2, 0) is 32.0 Å². The van der Waals surface area contributed by atoms with Crippen molar-refractivity contribution in [2.24, 2.45) is 5.73 Å². The summed E-state index contributed by atoms with van der Waals surface area (Å²) in [5.41, 5.74) is 7.26. The number of hydrogen-bond donors (Lipinski definition) is 7. The second-order valence-corrected chi connectivity index (χ2v) is 7.93. The molecule has 34 heavy (non-hydrogen) atoms. The van der Waals surface area contributed by atoms with E-state index in [1.54, 1.807) is 30.3 Å². The first-order valence-corrected chi connectivity index (χ1v) is 10.7. The predicted molar refractivity (Wildman–Crippen MR) is 121 cm³/mol. The summed E-state index contributed by atoms with van der Waals surface area (Å²) in [5, 5.41) is 26.2. The quantitative estimate of drug-likeness (QED) is 0.192. The summed E-state index contributed by atoms with van der Waals surface area (Å²) in [6.07, 6.45) is 1.89. The van der Waals surface area contributed by atoms with Crippen molar-refractivity contribution in [3.63, 3.8) is 0 Å². The Hall–Kier alpha value is -3.77. The number of aromatic nitrogens is 2. The molecule has 0 aliphatic carbocycles. The van der Waals surface area contributed by atoms with Crippen molar-refractivity contribution in [3.05, 3.63) is 54.1 Å². The van der Waals surface area contributed by atoms with E-state index in [1.165, 1.54) is 26.4 Å². The van der Waals surface area contributed by atoms with Gasteiger partial charge in [-0.3, -0.25) is 14.4 Å². The van der Waals surface area contributed by atoms with E-state index in [4.69, 9.17) is 5.73 Å². The number of aliphatic carboxylic acids is 1. The Morgan fingerprint density at radius 1 is 1.00 bits per heavy atom. The van der Waals surface area contributed by atoms with E-state index < -0.39 is 54.0 Å². The van der Waals surface area contributed by atoms with Crippen LogP contribution < -0.4 is 21.7 Å². The van der Waals surface area contributed by atoms with Crippen LogP contribution in [0.1, 0.15) is 25.1 Å². The van der Waals surface area contributed by atoms with E-state index in [1.807, 2.05) is 0 Å². The zero-order valence-electron chi connectivity index (χ0n) is 18.9. The summed E-state index contributed by atoms with van der Waals surface area (Å²) in [5.74, 6) is -3.44. The van der Waals surface area contributed by atoms with Gasteiger partial charge in [0.15, 0.2) is 6.04 Å². The number of nitrogens with one attached hydrogen (secondary N) is 4. The first-order chi connectivity index (χ1) is 16.1. The van der Waals surface area contributed by atoms with Crippen LogP contribution in [0.15, 0.2) is 42.9 Å². The number of aliphatic hydroxyl groups is 1. The van der Waals surface area contributed by atoms with Gasteiger partial charge in [-0.25, -0.2) is 9.78 Å². The number of aromatic amines is 1. The Kier molecular flexibility index (Phi) is 9.71. The standard InChI is InChI=1S/C22H30N6O6/c1-12(26-20(31)16(23)9-15-10-24-11-25-15)19(30)27-17(8-14-6-4-3-5-7-14)21(32)28-18(13(2)29)22(33)34/h3-7,10-13,16-18,29H,8-9,23H2,1-2H3,(H,24,25)(H,26,31)(H,27,30)(H,28,32)(H,33,34). The fourth-order valence-electron chi connectivity index (χ4n) is 3.11. The highest BCUT2D eigenvalue weighted by molar-refractivity contribution is 5.94. The molecule has 5 unspecified atom stereocenters. The molecule has 0 aliphatic heterocycles. The van der Waals surface area contributed by atoms with Gasteiger partial charge in [0, 0.05) is 24.7 Å². The average Bonchev–Trinajstić information content (AvgIpc) is 3.29. The van der Waals surface area contributed by atoms with Gasteiger partial charge in [-0.1, -0.05) is 30.3 Å². The molecule has 1 aromatic heterocycles. The van der Waals surface area contributed by atoms with Crippen molar-refractivity contribution >= 4 is 23.7 Å². The summed E-state index contributed by atoms with van der Waals surface area (Å²) in [7, 11) is 0. The van der Waals surface area contributed by atoms with Crippen molar-refractivity contribution < 1.29 is 29.4 Å². The van der Waals surface area contributed by atoms with E-state index in [9.17, 15) is 29.4 Å². The third-order valence-corrected chi connectivity index (χ3v) is 5.05. The molecule has 12 nitrogen and oxygen atoms in total. The number of hydrogen-bond acceptors (Lipinski definition) is 7. The molecule has 0 aliphatic rings. The van der Waals surface area contributed by atoms with Crippen molar-refractivity contribution in [2.45, 2.75) is 57.0 Å². The van der Waals surface area contributed by atoms with E-state index in [-0.39, 0.29) is 12.8 Å². The molecule has 8 N–H and O–H groups in total. The molecule has 3 amide bonds. The van der Waals surface area contributed by atoms with Gasteiger partial charge in [-0.05, 0) is 19.4 Å².